The van der Waals surface area contributed by atoms with Crippen molar-refractivity contribution < 1.29 is 27.4 Å². The summed E-state index contributed by atoms with van der Waals surface area (Å²) in [5.74, 6) is 0.448. The van der Waals surface area contributed by atoms with Crippen molar-refractivity contribution in [3.05, 3.63) is 47.8 Å². The van der Waals surface area contributed by atoms with Crippen molar-refractivity contribution in [2.75, 3.05) is 57.8 Å². The van der Waals surface area contributed by atoms with Crippen LogP contribution in [0.4, 0.5) is 18.9 Å². The number of hydrogen-bond donors (Lipinski definition) is 2. The van der Waals surface area contributed by atoms with Crippen LogP contribution in [0.2, 0.25) is 0 Å². The molecule has 3 rings (SSSR count). The van der Waals surface area contributed by atoms with Gasteiger partial charge in [0.25, 0.3) is 0 Å². The van der Waals surface area contributed by atoms with Gasteiger partial charge in [0.2, 0.25) is 5.91 Å². The minimum atomic E-state index is -4.73. The molecule has 2 heterocycles. The Morgan fingerprint density at radius 3 is 2.54 bits per heavy atom. The van der Waals surface area contributed by atoms with Crippen molar-refractivity contribution in [2.24, 2.45) is 4.99 Å². The van der Waals surface area contributed by atoms with Gasteiger partial charge >= 0.3 is 6.36 Å². The van der Waals surface area contributed by atoms with Gasteiger partial charge in [0, 0.05) is 68.8 Å². The molecule has 1 amide bonds. The van der Waals surface area contributed by atoms with E-state index in [-0.39, 0.29) is 11.7 Å². The van der Waals surface area contributed by atoms with E-state index in [1.165, 1.54) is 24.3 Å². The molecule has 2 aliphatic rings. The lowest BCUT2D eigenvalue weighted by molar-refractivity contribution is -0.274. The molecule has 8 nitrogen and oxygen atoms in total. The molecule has 1 aromatic rings. The molecule has 2 N–H and O–H groups in total. The highest BCUT2D eigenvalue weighted by Crippen LogP contribution is 2.26. The summed E-state index contributed by atoms with van der Waals surface area (Å²) in [6.45, 7) is 9.51. The summed E-state index contributed by atoms with van der Waals surface area (Å²) < 4.78 is 46.3. The van der Waals surface area contributed by atoms with Gasteiger partial charge in [0.15, 0.2) is 0 Å². The van der Waals surface area contributed by atoms with Gasteiger partial charge in [-0.2, -0.15) is 0 Å². The summed E-state index contributed by atoms with van der Waals surface area (Å²) in [6.07, 6.45) is -0.600. The number of hydrogen-bond acceptors (Lipinski definition) is 6. The maximum Gasteiger partial charge on any atom is 0.573 e. The Morgan fingerprint density at radius 1 is 1.17 bits per heavy atom. The fourth-order valence-electron chi connectivity index (χ4n) is 3.78. The highest BCUT2D eigenvalue weighted by atomic mass is 19.4. The van der Waals surface area contributed by atoms with Crippen LogP contribution in [-0.2, 0) is 9.53 Å². The molecule has 1 saturated heterocycles. The molecule has 0 unspecified atom stereocenters. The summed E-state index contributed by atoms with van der Waals surface area (Å²) >= 11 is 0. The Morgan fingerprint density at radius 2 is 1.89 bits per heavy atom. The number of ether oxygens (including phenoxy) is 2. The first kappa shape index (κ1) is 26.6. The number of morpholine rings is 1. The molecular weight excluding hydrogens is 463 g/mol. The maximum atomic E-state index is 12.4. The molecule has 35 heavy (non-hydrogen) atoms. The van der Waals surface area contributed by atoms with Crippen molar-refractivity contribution >= 4 is 17.4 Å². The van der Waals surface area contributed by atoms with Gasteiger partial charge in [-0.15, -0.1) is 13.2 Å². The molecule has 11 heteroatoms. The van der Waals surface area contributed by atoms with Gasteiger partial charge in [-0.1, -0.05) is 0 Å². The molecule has 0 aromatic heterocycles. The number of amidine groups is 1. The number of anilines is 1. The minimum absolute atomic E-state index is 0.0176. The molecule has 0 radical (unpaired) electrons. The average molecular weight is 496 g/mol. The predicted octanol–water partition coefficient (Wildman–Crippen LogP) is 3.36. The van der Waals surface area contributed by atoms with E-state index in [0.717, 1.165) is 50.0 Å². The van der Waals surface area contributed by atoms with E-state index in [9.17, 15) is 18.0 Å². The zero-order valence-corrected chi connectivity index (χ0v) is 20.0. The van der Waals surface area contributed by atoms with Crippen molar-refractivity contribution in [1.82, 2.24) is 15.1 Å². The number of alkyl halides is 3. The van der Waals surface area contributed by atoms with E-state index in [1.807, 2.05) is 31.0 Å². The molecule has 1 aromatic carbocycles. The minimum Gasteiger partial charge on any atom is -0.406 e. The number of carbonyl (C=O) groups excluding carboxylic acids is 1. The molecule has 0 saturated carbocycles. The number of carbonyl (C=O) groups is 1. The van der Waals surface area contributed by atoms with Gasteiger partial charge in [-0.25, -0.2) is 0 Å². The van der Waals surface area contributed by atoms with Crippen LogP contribution in [0.5, 0.6) is 5.75 Å². The van der Waals surface area contributed by atoms with Crippen LogP contribution in [0.25, 0.3) is 0 Å². The third-order valence-corrected chi connectivity index (χ3v) is 5.50. The third-order valence-electron chi connectivity index (χ3n) is 5.50. The van der Waals surface area contributed by atoms with Crippen LogP contribution in [0.15, 0.2) is 52.8 Å². The molecule has 0 bridgehead atoms. The van der Waals surface area contributed by atoms with Crippen LogP contribution in [0.1, 0.15) is 20.3 Å². The molecule has 0 atom stereocenters. The standard InChI is InChI=1S/C24H32F3N5O3/c1-3-28-23-21(18(2)30-19-4-6-20(7-5-19)35-24(25,26)27)8-11-32(23)12-9-22(33)29-10-13-31-14-16-34-17-15-31/h4-8,11,30H,3,9-10,12-17H2,1-2H3,(H,29,33)/b21-18+,28-23+. The summed E-state index contributed by atoms with van der Waals surface area (Å²) in [5, 5.41) is 6.17. The number of rotatable bonds is 10. The van der Waals surface area contributed by atoms with Gasteiger partial charge in [0.1, 0.15) is 11.6 Å². The van der Waals surface area contributed by atoms with Gasteiger partial charge in [-0.05, 0) is 44.2 Å². The van der Waals surface area contributed by atoms with Crippen LogP contribution < -0.4 is 15.4 Å². The number of nitrogens with zero attached hydrogens (tertiary/aromatic N) is 3. The highest BCUT2D eigenvalue weighted by molar-refractivity contribution is 6.05. The fourth-order valence-corrected chi connectivity index (χ4v) is 3.78. The van der Waals surface area contributed by atoms with Crippen molar-refractivity contribution in [3.8, 4) is 5.75 Å². The monoisotopic (exact) mass is 495 g/mol. The number of amides is 1. The number of allylic oxidation sites excluding steroid dienone is 1. The third kappa shape index (κ3) is 8.59. The average Bonchev–Trinajstić information content (AvgIpc) is 3.22. The zero-order valence-electron chi connectivity index (χ0n) is 20.0. The lowest BCUT2D eigenvalue weighted by Gasteiger charge is -2.26. The normalized spacial score (nSPS) is 19.2. The fraction of sp³-hybridized carbons (Fsp3) is 0.500. The quantitative estimate of drug-likeness (QED) is 0.519. The van der Waals surface area contributed by atoms with E-state index >= 15 is 0 Å². The second-order valence-electron chi connectivity index (χ2n) is 8.10. The summed E-state index contributed by atoms with van der Waals surface area (Å²) in [5.41, 5.74) is 2.26. The van der Waals surface area contributed by atoms with Crippen LogP contribution in [0.3, 0.4) is 0 Å². The van der Waals surface area contributed by atoms with Crippen LogP contribution in [-0.4, -0.2) is 80.4 Å². The number of benzene rings is 1. The Labute approximate surface area is 203 Å². The van der Waals surface area contributed by atoms with E-state index in [4.69, 9.17) is 4.74 Å². The predicted molar refractivity (Wildman–Crippen MR) is 128 cm³/mol. The van der Waals surface area contributed by atoms with Crippen molar-refractivity contribution in [2.45, 2.75) is 26.6 Å². The second-order valence-corrected chi connectivity index (χ2v) is 8.10. The second kappa shape index (κ2) is 12.6. The molecule has 0 aliphatic carbocycles. The highest BCUT2D eigenvalue weighted by Gasteiger charge is 2.31. The molecule has 2 aliphatic heterocycles. The zero-order chi connectivity index (χ0) is 25.3. The topological polar surface area (TPSA) is 78.4 Å². The van der Waals surface area contributed by atoms with E-state index in [0.29, 0.717) is 31.7 Å². The first-order valence-electron chi connectivity index (χ1n) is 11.7. The van der Waals surface area contributed by atoms with E-state index in [2.05, 4.69) is 25.3 Å². The number of halogens is 3. The molecule has 0 spiro atoms. The lowest BCUT2D eigenvalue weighted by Crippen LogP contribution is -2.41. The smallest absolute Gasteiger partial charge is 0.406 e. The first-order valence-corrected chi connectivity index (χ1v) is 11.7. The first-order chi connectivity index (χ1) is 16.7. The van der Waals surface area contributed by atoms with Crippen molar-refractivity contribution in [1.29, 1.82) is 0 Å². The van der Waals surface area contributed by atoms with Crippen LogP contribution >= 0.6 is 0 Å². The Hall–Kier alpha value is -3.05. The Bertz CT molecular complexity index is 939. The van der Waals surface area contributed by atoms with Crippen LogP contribution in [0, 0.1) is 0 Å². The largest absolute Gasteiger partial charge is 0.573 e. The van der Waals surface area contributed by atoms with Gasteiger partial charge in [-0.3, -0.25) is 14.7 Å². The van der Waals surface area contributed by atoms with E-state index < -0.39 is 6.36 Å². The SMILES string of the molecule is CC/N=C1\C(=C(/C)Nc2ccc(OC(F)(F)F)cc2)C=CN1CCC(=O)NCCN1CCOCC1. The lowest BCUT2D eigenvalue weighted by atomic mass is 10.2. The summed E-state index contributed by atoms with van der Waals surface area (Å²) in [6, 6.07) is 5.53. The Kier molecular flexibility index (Phi) is 9.55. The maximum absolute atomic E-state index is 12.4. The van der Waals surface area contributed by atoms with Gasteiger partial charge < -0.3 is 25.0 Å². The number of aliphatic imine (C=N–C) groups is 1. The molecular formula is C24H32F3N5O3. The molecule has 1 fully saturated rings. The van der Waals surface area contributed by atoms with E-state index in [1.54, 1.807) is 0 Å². The summed E-state index contributed by atoms with van der Waals surface area (Å²) in [4.78, 5) is 21.1. The Balaban J connectivity index is 1.52. The number of nitrogens with one attached hydrogen (secondary N) is 2. The van der Waals surface area contributed by atoms with Gasteiger partial charge in [0.05, 0.1) is 13.2 Å². The van der Waals surface area contributed by atoms with Crippen molar-refractivity contribution in [3.63, 3.8) is 0 Å². The summed E-state index contributed by atoms with van der Waals surface area (Å²) in [7, 11) is 0. The molecule has 192 valence electrons.